The minimum absolute atomic E-state index is 0.0164. The number of hydrogen-bond donors (Lipinski definition) is 7. The minimum Gasteiger partial charge on any atom is -0.394 e. The zero-order valence-electron chi connectivity index (χ0n) is 33.1. The number of ether oxygens (including phenoxy) is 6. The van der Waals surface area contributed by atoms with Gasteiger partial charge in [0.1, 0.15) is 42.7 Å². The molecule has 2 bridgehead atoms. The van der Waals surface area contributed by atoms with E-state index in [9.17, 15) is 35.7 Å². The summed E-state index contributed by atoms with van der Waals surface area (Å²) < 4.78 is 37.8. The Morgan fingerprint density at radius 3 is 2.11 bits per heavy atom. The van der Waals surface area contributed by atoms with E-state index in [2.05, 4.69) is 47.6 Å². The van der Waals surface area contributed by atoms with Crippen molar-refractivity contribution in [3.8, 4) is 0 Å². The van der Waals surface area contributed by atoms with Crippen molar-refractivity contribution in [2.24, 2.45) is 51.2 Å². The molecule has 8 aliphatic rings. The van der Waals surface area contributed by atoms with Crippen LogP contribution in [0.5, 0.6) is 0 Å². The highest BCUT2D eigenvalue weighted by atomic mass is 16.8. The molecule has 4 saturated heterocycles. The van der Waals surface area contributed by atoms with Crippen LogP contribution in [0.3, 0.4) is 0 Å². The summed E-state index contributed by atoms with van der Waals surface area (Å²) in [5.41, 5.74) is -0.0441. The van der Waals surface area contributed by atoms with Crippen LogP contribution >= 0.6 is 0 Å². The second-order valence-electron chi connectivity index (χ2n) is 20.2. The van der Waals surface area contributed by atoms with Crippen LogP contribution in [-0.2, 0) is 28.4 Å². The van der Waals surface area contributed by atoms with Gasteiger partial charge in [-0.15, -0.1) is 0 Å². The molecule has 13 nitrogen and oxygen atoms in total. The topological polar surface area (TPSA) is 197 Å². The van der Waals surface area contributed by atoms with Crippen molar-refractivity contribution in [2.45, 2.75) is 166 Å². The zero-order chi connectivity index (χ0) is 39.0. The lowest BCUT2D eigenvalue weighted by molar-refractivity contribution is -0.351. The average Bonchev–Trinajstić information content (AvgIpc) is 3.73. The zero-order valence-corrected chi connectivity index (χ0v) is 33.1. The van der Waals surface area contributed by atoms with Gasteiger partial charge in [-0.25, -0.2) is 0 Å². The molecule has 7 N–H and O–H groups in total. The van der Waals surface area contributed by atoms with E-state index in [1.807, 2.05) is 6.92 Å². The molecule has 8 fully saturated rings. The summed E-state index contributed by atoms with van der Waals surface area (Å²) in [6, 6.07) is 0. The molecule has 0 aromatic carbocycles. The third-order valence-electron chi connectivity index (χ3n) is 16.6. The molecule has 0 aromatic heterocycles. The molecule has 4 heterocycles. The molecule has 0 radical (unpaired) electrons. The van der Waals surface area contributed by atoms with E-state index in [0.29, 0.717) is 25.0 Å². The monoisotopic (exact) mass is 766 g/mol. The van der Waals surface area contributed by atoms with Crippen molar-refractivity contribution in [2.75, 3.05) is 26.4 Å². The molecule has 2 spiro atoms. The van der Waals surface area contributed by atoms with Gasteiger partial charge in [0, 0.05) is 23.7 Å². The van der Waals surface area contributed by atoms with E-state index < -0.39 is 79.9 Å². The molecule has 308 valence electrons. The third kappa shape index (κ3) is 5.58. The first-order chi connectivity index (χ1) is 25.3. The van der Waals surface area contributed by atoms with Gasteiger partial charge in [-0.05, 0) is 93.3 Å². The van der Waals surface area contributed by atoms with Crippen molar-refractivity contribution >= 4 is 0 Å². The number of allylic oxidation sites excluding steroid dienone is 1. The number of aliphatic hydroxyl groups is 7. The molecule has 8 rings (SSSR count). The maximum absolute atomic E-state index is 12.4. The molecule has 20 atom stereocenters. The molecule has 13 heteroatoms. The fraction of sp³-hybridized carbons (Fsp3) is 0.951. The Balaban J connectivity index is 1.04. The summed E-state index contributed by atoms with van der Waals surface area (Å²) in [5, 5.41) is 74.9. The van der Waals surface area contributed by atoms with Gasteiger partial charge < -0.3 is 64.2 Å². The molecule has 4 saturated carbocycles. The van der Waals surface area contributed by atoms with Crippen molar-refractivity contribution in [3.63, 3.8) is 0 Å². The van der Waals surface area contributed by atoms with Crippen molar-refractivity contribution in [3.05, 3.63) is 11.6 Å². The molecule has 0 aromatic rings. The normalized spacial score (nSPS) is 57.5. The Morgan fingerprint density at radius 2 is 1.44 bits per heavy atom. The Morgan fingerprint density at radius 1 is 0.778 bits per heavy atom. The average molecular weight is 767 g/mol. The smallest absolute Gasteiger partial charge is 0.187 e. The molecular formula is C41H66O13. The SMILES string of the molecule is CC(C)=CC1COC23CC4(CO2)C(CCC2C5(C)CCC(OC6OC(CO)C(O)C(O)C6OC6OC(CO)C(O)C6O)CC5C(C)(C)CC24C)C3C1(C)O. The van der Waals surface area contributed by atoms with E-state index in [0.717, 1.165) is 44.9 Å². The summed E-state index contributed by atoms with van der Waals surface area (Å²) >= 11 is 0. The van der Waals surface area contributed by atoms with Gasteiger partial charge in [-0.3, -0.25) is 0 Å². The maximum atomic E-state index is 12.4. The van der Waals surface area contributed by atoms with Crippen LogP contribution in [-0.4, -0.2) is 135 Å². The Hall–Kier alpha value is -0.780. The minimum atomic E-state index is -1.55. The molecule has 54 heavy (non-hydrogen) atoms. The Labute approximate surface area is 319 Å². The van der Waals surface area contributed by atoms with Gasteiger partial charge in [0.15, 0.2) is 18.4 Å². The first-order valence-corrected chi connectivity index (χ1v) is 20.5. The van der Waals surface area contributed by atoms with Gasteiger partial charge in [0.25, 0.3) is 0 Å². The van der Waals surface area contributed by atoms with Crippen molar-refractivity contribution < 1.29 is 64.2 Å². The van der Waals surface area contributed by atoms with Gasteiger partial charge in [0.05, 0.1) is 38.1 Å². The van der Waals surface area contributed by atoms with Gasteiger partial charge in [-0.1, -0.05) is 39.3 Å². The van der Waals surface area contributed by atoms with Crippen molar-refractivity contribution in [1.29, 1.82) is 0 Å². The summed E-state index contributed by atoms with van der Waals surface area (Å²) in [7, 11) is 0. The molecule has 4 aliphatic carbocycles. The largest absolute Gasteiger partial charge is 0.394 e. The summed E-state index contributed by atoms with van der Waals surface area (Å²) in [5.74, 6) is 0.0546. The lowest BCUT2D eigenvalue weighted by Crippen LogP contribution is -2.68. The quantitative estimate of drug-likeness (QED) is 0.147. The number of hydrogen-bond acceptors (Lipinski definition) is 13. The highest BCUT2D eigenvalue weighted by molar-refractivity contribution is 5.27. The number of fused-ring (bicyclic) bond motifs is 4. The molecular weight excluding hydrogens is 700 g/mol. The van der Waals surface area contributed by atoms with Crippen LogP contribution in [0.1, 0.15) is 93.4 Å². The summed E-state index contributed by atoms with van der Waals surface area (Å²) in [6.45, 7) is 16.0. The van der Waals surface area contributed by atoms with Crippen LogP contribution in [0, 0.1) is 51.2 Å². The molecule has 0 amide bonds. The van der Waals surface area contributed by atoms with Crippen LogP contribution in [0.15, 0.2) is 11.6 Å². The summed E-state index contributed by atoms with van der Waals surface area (Å²) in [6.07, 6.45) is -3.94. The summed E-state index contributed by atoms with van der Waals surface area (Å²) in [4.78, 5) is 0. The lowest BCUT2D eigenvalue weighted by Gasteiger charge is -2.71. The maximum Gasteiger partial charge on any atom is 0.187 e. The highest BCUT2D eigenvalue weighted by Gasteiger charge is 2.81. The first-order valence-electron chi connectivity index (χ1n) is 20.5. The van der Waals surface area contributed by atoms with Gasteiger partial charge >= 0.3 is 0 Å². The van der Waals surface area contributed by atoms with E-state index >= 15 is 0 Å². The predicted octanol–water partition coefficient (Wildman–Crippen LogP) is 2.00. The first kappa shape index (κ1) is 40.0. The second kappa shape index (κ2) is 13.4. The van der Waals surface area contributed by atoms with E-state index in [4.69, 9.17) is 28.4 Å². The highest BCUT2D eigenvalue weighted by Crippen LogP contribution is 2.81. The number of aliphatic hydroxyl groups excluding tert-OH is 6. The van der Waals surface area contributed by atoms with Crippen LogP contribution in [0.2, 0.25) is 0 Å². The number of rotatable bonds is 7. The van der Waals surface area contributed by atoms with E-state index in [-0.39, 0.29) is 45.5 Å². The molecule has 20 unspecified atom stereocenters. The van der Waals surface area contributed by atoms with Gasteiger partial charge in [-0.2, -0.15) is 0 Å². The standard InChI is InChI=1S/C41H66O13/c1-20(2)12-21-16-49-41-18-40(19-50-41)23(33(41)39(21,7)48)8-9-26-37(5)11-10-22(13-27(37)36(3,4)17-38(26,40)6)51-35-32(30(46)28(44)24(14-42)53-35)54-34-31(47)29(45)25(15-43)52-34/h12,21-35,42-48H,8-11,13-19H2,1-7H3. The third-order valence-corrected chi connectivity index (χ3v) is 16.6. The lowest BCUT2D eigenvalue weighted by atomic mass is 9.33. The van der Waals surface area contributed by atoms with Gasteiger partial charge in [0.2, 0.25) is 0 Å². The fourth-order valence-electron chi connectivity index (χ4n) is 14.5. The predicted molar refractivity (Wildman–Crippen MR) is 192 cm³/mol. The van der Waals surface area contributed by atoms with Crippen LogP contribution in [0.4, 0.5) is 0 Å². The van der Waals surface area contributed by atoms with E-state index in [1.165, 1.54) is 5.57 Å². The molecule has 4 aliphatic heterocycles. The Bertz CT molecular complexity index is 1450. The van der Waals surface area contributed by atoms with E-state index in [1.54, 1.807) is 0 Å². The van der Waals surface area contributed by atoms with Crippen LogP contribution < -0.4 is 0 Å². The Kier molecular flexibility index (Phi) is 9.91. The second-order valence-corrected chi connectivity index (χ2v) is 20.2. The van der Waals surface area contributed by atoms with Crippen LogP contribution in [0.25, 0.3) is 0 Å². The van der Waals surface area contributed by atoms with Crippen molar-refractivity contribution in [1.82, 2.24) is 0 Å². The fourth-order valence-corrected chi connectivity index (χ4v) is 14.5.